The minimum absolute atomic E-state index is 0.127. The third kappa shape index (κ3) is 3.26. The molecule has 1 aliphatic carbocycles. The van der Waals surface area contributed by atoms with Crippen LogP contribution in [0.25, 0.3) is 0 Å². The predicted octanol–water partition coefficient (Wildman–Crippen LogP) is 1.51. The fraction of sp³-hybridized carbons (Fsp3) is 0.667. The number of hydrogen-bond donors (Lipinski definition) is 1. The molecule has 4 rings (SSSR count). The summed E-state index contributed by atoms with van der Waals surface area (Å²) in [6.07, 6.45) is 3.68. The number of imide groups is 1. The highest BCUT2D eigenvalue weighted by Crippen LogP contribution is 2.38. The van der Waals surface area contributed by atoms with Crippen molar-refractivity contribution in [2.75, 3.05) is 32.8 Å². The number of nitrogens with zero attached hydrogens (tertiary/aromatic N) is 3. The van der Waals surface area contributed by atoms with E-state index in [0.717, 1.165) is 19.3 Å². The van der Waals surface area contributed by atoms with Gasteiger partial charge in [0, 0.05) is 26.2 Å². The predicted molar refractivity (Wildman–Crippen MR) is 105 cm³/mol. The molecule has 2 aliphatic heterocycles. The Morgan fingerprint density at radius 1 is 1.21 bits per heavy atom. The van der Waals surface area contributed by atoms with Crippen molar-refractivity contribution in [1.29, 1.82) is 0 Å². The molecule has 28 heavy (non-hydrogen) atoms. The first-order valence-corrected chi connectivity index (χ1v) is 12.1. The van der Waals surface area contributed by atoms with E-state index in [-0.39, 0.29) is 24.5 Å². The monoisotopic (exact) mass is 426 g/mol. The van der Waals surface area contributed by atoms with Crippen molar-refractivity contribution in [3.8, 4) is 0 Å². The van der Waals surface area contributed by atoms with Crippen LogP contribution < -0.4 is 5.32 Å². The van der Waals surface area contributed by atoms with Crippen molar-refractivity contribution < 1.29 is 18.0 Å². The van der Waals surface area contributed by atoms with Crippen molar-refractivity contribution in [2.45, 2.75) is 42.4 Å². The zero-order chi connectivity index (χ0) is 19.9. The molecule has 1 spiro atoms. The lowest BCUT2D eigenvalue weighted by molar-refractivity contribution is -0.135. The Morgan fingerprint density at radius 2 is 1.96 bits per heavy atom. The Labute approximate surface area is 169 Å². The summed E-state index contributed by atoms with van der Waals surface area (Å²) in [6, 6.07) is 3.02. The smallest absolute Gasteiger partial charge is 0.323 e. The van der Waals surface area contributed by atoms with Gasteiger partial charge in [0.25, 0.3) is 15.9 Å². The highest BCUT2D eigenvalue weighted by Gasteiger charge is 2.55. The minimum atomic E-state index is -3.46. The van der Waals surface area contributed by atoms with Crippen molar-refractivity contribution >= 4 is 33.3 Å². The number of piperazine rings is 1. The first kappa shape index (κ1) is 19.8. The lowest BCUT2D eigenvalue weighted by atomic mass is 9.73. The Hall–Kier alpha value is -1.49. The maximum absolute atomic E-state index is 13.1. The van der Waals surface area contributed by atoms with Crippen LogP contribution in [0.3, 0.4) is 0 Å². The molecule has 3 aliphatic rings. The normalized spacial score (nSPS) is 30.2. The molecule has 2 atom stereocenters. The van der Waals surface area contributed by atoms with Gasteiger partial charge in [0.15, 0.2) is 0 Å². The molecule has 8 nitrogen and oxygen atoms in total. The standard InChI is InChI=1S/C18H26N4O4S2/c1-14-5-2-3-7-18(14)16(23)22(17(24)19-18)13-20-8-10-21(11-9-20)28(25,26)15-6-4-12-27-15/h4,6,12,14H,2-3,5,7-11,13H2,1H3,(H,19,24)/t14-,18+/m1/s1. The summed E-state index contributed by atoms with van der Waals surface area (Å²) in [6.45, 7) is 3.94. The molecule has 0 bridgehead atoms. The highest BCUT2D eigenvalue weighted by atomic mass is 32.2. The van der Waals surface area contributed by atoms with E-state index < -0.39 is 15.6 Å². The van der Waals surface area contributed by atoms with Gasteiger partial charge >= 0.3 is 6.03 Å². The van der Waals surface area contributed by atoms with Gasteiger partial charge in [0.05, 0.1) is 6.67 Å². The molecule has 2 saturated heterocycles. The summed E-state index contributed by atoms with van der Waals surface area (Å²) in [5, 5.41) is 4.72. The second-order valence-electron chi connectivity index (χ2n) is 7.88. The summed E-state index contributed by atoms with van der Waals surface area (Å²) in [7, 11) is -3.46. The van der Waals surface area contributed by atoms with Gasteiger partial charge in [0.2, 0.25) is 0 Å². The SMILES string of the molecule is C[C@@H]1CCCC[C@]12NC(=O)N(CN1CCN(S(=O)(=O)c3cccs3)CC1)C2=O. The second-order valence-corrected chi connectivity index (χ2v) is 11.0. The fourth-order valence-corrected chi connectivity index (χ4v) is 7.04. The van der Waals surface area contributed by atoms with Crippen LogP contribution >= 0.6 is 11.3 Å². The van der Waals surface area contributed by atoms with Crippen LogP contribution in [0.4, 0.5) is 4.79 Å². The van der Waals surface area contributed by atoms with Crippen LogP contribution in [0.5, 0.6) is 0 Å². The molecule has 154 valence electrons. The van der Waals surface area contributed by atoms with E-state index in [4.69, 9.17) is 0 Å². The zero-order valence-electron chi connectivity index (χ0n) is 16.0. The molecule has 0 radical (unpaired) electrons. The Bertz CT molecular complexity index is 849. The number of rotatable bonds is 4. The summed E-state index contributed by atoms with van der Waals surface area (Å²) in [5.41, 5.74) is -0.750. The molecule has 1 aromatic rings. The number of thiophene rings is 1. The van der Waals surface area contributed by atoms with Crippen LogP contribution in [0.2, 0.25) is 0 Å². The zero-order valence-corrected chi connectivity index (χ0v) is 17.6. The molecular weight excluding hydrogens is 400 g/mol. The fourth-order valence-electron chi connectivity index (χ4n) is 4.47. The molecule has 0 unspecified atom stereocenters. The maximum atomic E-state index is 13.1. The molecule has 3 heterocycles. The van der Waals surface area contributed by atoms with Crippen molar-refractivity contribution in [3.63, 3.8) is 0 Å². The molecule has 3 fully saturated rings. The number of amides is 3. The maximum Gasteiger partial charge on any atom is 0.326 e. The third-order valence-corrected chi connectivity index (χ3v) is 9.54. The molecule has 1 saturated carbocycles. The average Bonchev–Trinajstić information content (AvgIpc) is 3.30. The van der Waals surface area contributed by atoms with E-state index in [1.807, 2.05) is 11.8 Å². The first-order valence-electron chi connectivity index (χ1n) is 9.75. The topological polar surface area (TPSA) is 90.0 Å². The Morgan fingerprint density at radius 3 is 2.61 bits per heavy atom. The number of hydrogen-bond acceptors (Lipinski definition) is 6. The molecule has 0 aromatic carbocycles. The molecule has 1 N–H and O–H groups in total. The molecule has 1 aromatic heterocycles. The number of nitrogens with one attached hydrogen (secondary N) is 1. The molecule has 10 heteroatoms. The van der Waals surface area contributed by atoms with Gasteiger partial charge in [-0.15, -0.1) is 11.3 Å². The minimum Gasteiger partial charge on any atom is -0.323 e. The summed E-state index contributed by atoms with van der Waals surface area (Å²) >= 11 is 1.21. The van der Waals surface area contributed by atoms with E-state index in [0.29, 0.717) is 36.8 Å². The van der Waals surface area contributed by atoms with Crippen LogP contribution in [0.1, 0.15) is 32.6 Å². The number of urea groups is 1. The Balaban J connectivity index is 1.39. The average molecular weight is 427 g/mol. The molecular formula is C18H26N4O4S2. The van der Waals surface area contributed by atoms with Gasteiger partial charge in [-0.3, -0.25) is 9.69 Å². The van der Waals surface area contributed by atoms with E-state index >= 15 is 0 Å². The van der Waals surface area contributed by atoms with Gasteiger partial charge in [-0.2, -0.15) is 4.31 Å². The summed E-state index contributed by atoms with van der Waals surface area (Å²) in [4.78, 5) is 28.9. The van der Waals surface area contributed by atoms with Crippen LogP contribution in [-0.4, -0.2) is 72.8 Å². The van der Waals surface area contributed by atoms with Crippen molar-refractivity contribution in [3.05, 3.63) is 17.5 Å². The highest BCUT2D eigenvalue weighted by molar-refractivity contribution is 7.91. The van der Waals surface area contributed by atoms with Crippen molar-refractivity contribution in [1.82, 2.24) is 19.4 Å². The van der Waals surface area contributed by atoms with Gasteiger partial charge in [0.1, 0.15) is 9.75 Å². The number of sulfonamides is 1. The quantitative estimate of drug-likeness (QED) is 0.737. The van der Waals surface area contributed by atoms with E-state index in [2.05, 4.69) is 5.32 Å². The van der Waals surface area contributed by atoms with Gasteiger partial charge in [-0.05, 0) is 30.2 Å². The van der Waals surface area contributed by atoms with E-state index in [1.54, 1.807) is 17.5 Å². The van der Waals surface area contributed by atoms with Gasteiger partial charge in [-0.25, -0.2) is 18.1 Å². The lowest BCUT2D eigenvalue weighted by Gasteiger charge is -2.38. The van der Waals surface area contributed by atoms with Crippen molar-refractivity contribution in [2.24, 2.45) is 5.92 Å². The third-order valence-electron chi connectivity index (χ3n) is 6.26. The van der Waals surface area contributed by atoms with Gasteiger partial charge < -0.3 is 5.32 Å². The largest absolute Gasteiger partial charge is 0.326 e. The van der Waals surface area contributed by atoms with Crippen LogP contribution in [0, 0.1) is 5.92 Å². The number of carbonyl (C=O) groups excluding carboxylic acids is 2. The van der Waals surface area contributed by atoms with Gasteiger partial charge in [-0.1, -0.05) is 25.8 Å². The lowest BCUT2D eigenvalue weighted by Crippen LogP contribution is -2.55. The second kappa shape index (κ2) is 7.40. The van der Waals surface area contributed by atoms with Crippen LogP contribution in [0.15, 0.2) is 21.7 Å². The Kier molecular flexibility index (Phi) is 5.24. The first-order chi connectivity index (χ1) is 13.3. The van der Waals surface area contributed by atoms with E-state index in [9.17, 15) is 18.0 Å². The number of carbonyl (C=O) groups is 2. The van der Waals surface area contributed by atoms with Crippen LogP contribution in [-0.2, 0) is 14.8 Å². The molecule has 3 amide bonds. The summed E-state index contributed by atoms with van der Waals surface area (Å²) < 4.78 is 27.1. The summed E-state index contributed by atoms with van der Waals surface area (Å²) in [5.74, 6) is 0.00817. The van der Waals surface area contributed by atoms with E-state index in [1.165, 1.54) is 20.5 Å².